The van der Waals surface area contributed by atoms with E-state index in [1.54, 1.807) is 0 Å². The number of aliphatic hydroxyl groups is 1. The van der Waals surface area contributed by atoms with Gasteiger partial charge in [-0.15, -0.1) is 0 Å². The molecule has 0 spiro atoms. The summed E-state index contributed by atoms with van der Waals surface area (Å²) in [5.74, 6) is 2.02. The smallest absolute Gasteiger partial charge is 0.140 e. The fourth-order valence-electron chi connectivity index (χ4n) is 2.19. The lowest BCUT2D eigenvalue weighted by atomic mass is 9.84. The molecule has 1 aromatic heterocycles. The molecule has 1 heterocycles. The third-order valence-electron chi connectivity index (χ3n) is 3.19. The Labute approximate surface area is 90.3 Å². The van der Waals surface area contributed by atoms with Crippen molar-refractivity contribution in [3.63, 3.8) is 0 Å². The average Bonchev–Trinajstić information content (AvgIpc) is 2.63. The highest BCUT2D eigenvalue weighted by atomic mass is 16.4. The van der Waals surface area contributed by atoms with Gasteiger partial charge in [0.2, 0.25) is 0 Å². The highest BCUT2D eigenvalue weighted by Crippen LogP contribution is 2.37. The van der Waals surface area contributed by atoms with Gasteiger partial charge >= 0.3 is 0 Å². The molecule has 0 saturated heterocycles. The summed E-state index contributed by atoms with van der Waals surface area (Å²) in [6, 6.07) is 2.07. The second-order valence-electron chi connectivity index (χ2n) is 4.75. The molecule has 0 amide bonds. The fraction of sp³-hybridized carbons (Fsp3) is 0.667. The zero-order valence-corrected chi connectivity index (χ0v) is 9.42. The number of rotatable bonds is 2. The average molecular weight is 209 g/mol. The van der Waals surface area contributed by atoms with Crippen LogP contribution in [-0.4, -0.2) is 11.7 Å². The Kier molecular flexibility index (Phi) is 2.61. The lowest BCUT2D eigenvalue weighted by Gasteiger charge is -2.29. The van der Waals surface area contributed by atoms with Gasteiger partial charge in [-0.3, -0.25) is 0 Å². The van der Waals surface area contributed by atoms with Gasteiger partial charge in [0, 0.05) is 12.5 Å². The van der Waals surface area contributed by atoms with Crippen molar-refractivity contribution in [2.24, 2.45) is 5.73 Å². The minimum absolute atomic E-state index is 0.241. The predicted molar refractivity (Wildman–Crippen MR) is 58.7 cm³/mol. The van der Waals surface area contributed by atoms with Crippen LogP contribution in [0.2, 0.25) is 0 Å². The van der Waals surface area contributed by atoms with Gasteiger partial charge < -0.3 is 15.3 Å². The Morgan fingerprint density at radius 3 is 2.93 bits per heavy atom. The summed E-state index contributed by atoms with van der Waals surface area (Å²) < 4.78 is 5.74. The second kappa shape index (κ2) is 3.65. The summed E-state index contributed by atoms with van der Waals surface area (Å²) in [5.41, 5.74) is 5.83. The van der Waals surface area contributed by atoms with E-state index >= 15 is 0 Å². The quantitative estimate of drug-likeness (QED) is 0.782. The first-order chi connectivity index (χ1) is 7.07. The van der Waals surface area contributed by atoms with E-state index in [1.807, 2.05) is 0 Å². The molecule has 0 fully saturated rings. The van der Waals surface area contributed by atoms with Gasteiger partial charge in [0.15, 0.2) is 0 Å². The first-order valence-electron chi connectivity index (χ1n) is 5.62. The van der Waals surface area contributed by atoms with Crippen molar-refractivity contribution < 1.29 is 9.52 Å². The molecule has 3 nitrogen and oxygen atoms in total. The standard InChI is InChI=1S/C12H19NO2/c1-8(2)10-6-9-4-3-5-12(14,7-13)11(9)15-10/h6,8,14H,3-5,7,13H2,1-2H3. The number of hydrogen-bond donors (Lipinski definition) is 2. The predicted octanol–water partition coefficient (Wildman–Crippen LogP) is 1.89. The zero-order chi connectivity index (χ0) is 11.1. The molecule has 1 aliphatic rings. The summed E-state index contributed by atoms with van der Waals surface area (Å²) in [5, 5.41) is 10.3. The van der Waals surface area contributed by atoms with E-state index < -0.39 is 5.60 Å². The van der Waals surface area contributed by atoms with Crippen molar-refractivity contribution in [1.82, 2.24) is 0 Å². The maximum Gasteiger partial charge on any atom is 0.140 e. The van der Waals surface area contributed by atoms with Crippen molar-refractivity contribution in [3.05, 3.63) is 23.2 Å². The van der Waals surface area contributed by atoms with Crippen molar-refractivity contribution in [1.29, 1.82) is 0 Å². The maximum atomic E-state index is 10.3. The molecule has 0 bridgehead atoms. The van der Waals surface area contributed by atoms with E-state index in [0.29, 0.717) is 18.1 Å². The Balaban J connectivity index is 2.43. The molecule has 0 saturated carbocycles. The Morgan fingerprint density at radius 2 is 2.33 bits per heavy atom. The molecule has 1 aliphatic carbocycles. The Morgan fingerprint density at radius 1 is 1.60 bits per heavy atom. The van der Waals surface area contributed by atoms with Crippen molar-refractivity contribution >= 4 is 0 Å². The number of aryl methyl sites for hydroxylation is 1. The van der Waals surface area contributed by atoms with E-state index in [9.17, 15) is 5.11 Å². The lowest BCUT2D eigenvalue weighted by molar-refractivity contribution is 0.00491. The summed E-state index contributed by atoms with van der Waals surface area (Å²) in [7, 11) is 0. The molecule has 3 heteroatoms. The van der Waals surface area contributed by atoms with Crippen LogP contribution in [0, 0.1) is 0 Å². The van der Waals surface area contributed by atoms with Crippen LogP contribution in [0.1, 0.15) is 49.7 Å². The van der Waals surface area contributed by atoms with Gasteiger partial charge in [-0.05, 0) is 30.9 Å². The second-order valence-corrected chi connectivity index (χ2v) is 4.75. The first-order valence-corrected chi connectivity index (χ1v) is 5.62. The minimum atomic E-state index is -0.930. The molecule has 1 aromatic rings. The highest BCUT2D eigenvalue weighted by Gasteiger charge is 2.37. The van der Waals surface area contributed by atoms with Crippen LogP contribution in [0.15, 0.2) is 10.5 Å². The van der Waals surface area contributed by atoms with Crippen molar-refractivity contribution in [2.75, 3.05) is 6.54 Å². The molecule has 0 aromatic carbocycles. The van der Waals surface area contributed by atoms with Crippen molar-refractivity contribution in [2.45, 2.75) is 44.6 Å². The minimum Gasteiger partial charge on any atom is -0.462 e. The normalized spacial score (nSPS) is 25.7. The van der Waals surface area contributed by atoms with Crippen LogP contribution in [0.5, 0.6) is 0 Å². The van der Waals surface area contributed by atoms with Crippen LogP contribution in [0.3, 0.4) is 0 Å². The van der Waals surface area contributed by atoms with Crippen LogP contribution in [-0.2, 0) is 12.0 Å². The van der Waals surface area contributed by atoms with Gasteiger partial charge in [-0.2, -0.15) is 0 Å². The van der Waals surface area contributed by atoms with Gasteiger partial charge in [-0.25, -0.2) is 0 Å². The largest absolute Gasteiger partial charge is 0.462 e. The van der Waals surface area contributed by atoms with Gasteiger partial charge in [0.05, 0.1) is 0 Å². The molecular weight excluding hydrogens is 190 g/mol. The van der Waals surface area contributed by atoms with E-state index in [-0.39, 0.29) is 6.54 Å². The van der Waals surface area contributed by atoms with E-state index in [0.717, 1.165) is 24.2 Å². The maximum absolute atomic E-state index is 10.3. The van der Waals surface area contributed by atoms with Crippen molar-refractivity contribution in [3.8, 4) is 0 Å². The zero-order valence-electron chi connectivity index (χ0n) is 9.42. The monoisotopic (exact) mass is 209 g/mol. The third-order valence-corrected chi connectivity index (χ3v) is 3.19. The molecular formula is C12H19NO2. The van der Waals surface area contributed by atoms with E-state index in [1.165, 1.54) is 0 Å². The molecule has 2 rings (SSSR count). The molecule has 1 unspecified atom stereocenters. The summed E-state index contributed by atoms with van der Waals surface area (Å²) in [4.78, 5) is 0. The lowest BCUT2D eigenvalue weighted by Crippen LogP contribution is -2.37. The SMILES string of the molecule is CC(C)c1cc2c(o1)C(O)(CN)CCC2. The van der Waals surface area contributed by atoms with Gasteiger partial charge in [-0.1, -0.05) is 13.8 Å². The first kappa shape index (κ1) is 10.7. The van der Waals surface area contributed by atoms with Crippen LogP contribution < -0.4 is 5.73 Å². The summed E-state index contributed by atoms with van der Waals surface area (Å²) in [6.07, 6.45) is 2.69. The van der Waals surface area contributed by atoms with E-state index in [4.69, 9.17) is 10.2 Å². The summed E-state index contributed by atoms with van der Waals surface area (Å²) in [6.45, 7) is 4.42. The van der Waals surface area contributed by atoms with E-state index in [2.05, 4.69) is 19.9 Å². The van der Waals surface area contributed by atoms with Crippen LogP contribution >= 0.6 is 0 Å². The molecule has 0 aliphatic heterocycles. The molecule has 15 heavy (non-hydrogen) atoms. The molecule has 84 valence electrons. The molecule has 1 atom stereocenters. The number of hydrogen-bond acceptors (Lipinski definition) is 3. The topological polar surface area (TPSA) is 59.4 Å². The van der Waals surface area contributed by atoms with Crippen LogP contribution in [0.4, 0.5) is 0 Å². The number of fused-ring (bicyclic) bond motifs is 1. The Bertz CT molecular complexity index is 357. The Hall–Kier alpha value is -0.800. The van der Waals surface area contributed by atoms with Gasteiger partial charge in [0.25, 0.3) is 0 Å². The summed E-state index contributed by atoms with van der Waals surface area (Å²) >= 11 is 0. The number of furan rings is 1. The molecule has 3 N–H and O–H groups in total. The number of nitrogens with two attached hydrogens (primary N) is 1. The van der Waals surface area contributed by atoms with Gasteiger partial charge in [0.1, 0.15) is 17.1 Å². The van der Waals surface area contributed by atoms with Crippen LogP contribution in [0.25, 0.3) is 0 Å². The third kappa shape index (κ3) is 1.70. The molecule has 0 radical (unpaired) electrons. The highest BCUT2D eigenvalue weighted by molar-refractivity contribution is 5.30. The fourth-order valence-corrected chi connectivity index (χ4v) is 2.19.